The van der Waals surface area contributed by atoms with Crippen molar-refractivity contribution in [1.29, 1.82) is 0 Å². The zero-order chi connectivity index (χ0) is 14.3. The number of hydrogen-bond acceptors (Lipinski definition) is 2. The van der Waals surface area contributed by atoms with Gasteiger partial charge in [-0.3, -0.25) is 4.79 Å². The minimum absolute atomic E-state index is 0. The van der Waals surface area contributed by atoms with Crippen molar-refractivity contribution in [3.05, 3.63) is 34.4 Å². The number of halogens is 4. The van der Waals surface area contributed by atoms with Gasteiger partial charge in [-0.15, -0.1) is 12.4 Å². The van der Waals surface area contributed by atoms with Crippen LogP contribution in [0.15, 0.2) is 12.1 Å². The van der Waals surface area contributed by atoms with Crippen LogP contribution < -0.4 is 5.32 Å². The summed E-state index contributed by atoms with van der Waals surface area (Å²) in [4.78, 5) is 13.9. The molecule has 1 spiro atoms. The molecule has 0 radical (unpaired) electrons. The summed E-state index contributed by atoms with van der Waals surface area (Å²) in [7, 11) is 0. The van der Waals surface area contributed by atoms with Gasteiger partial charge in [0.1, 0.15) is 11.6 Å². The SMILES string of the molecule is Cl.O=C(c1cc(F)c(Cl)cc1F)N1CCC2(CCNC2)C1. The van der Waals surface area contributed by atoms with Crippen molar-refractivity contribution in [3.8, 4) is 0 Å². The molecule has 3 nitrogen and oxygen atoms in total. The van der Waals surface area contributed by atoms with Crippen LogP contribution in [0.1, 0.15) is 23.2 Å². The topological polar surface area (TPSA) is 32.3 Å². The van der Waals surface area contributed by atoms with Gasteiger partial charge in [-0.1, -0.05) is 11.6 Å². The molecule has 2 heterocycles. The summed E-state index contributed by atoms with van der Waals surface area (Å²) in [6.45, 7) is 3.02. The van der Waals surface area contributed by atoms with Crippen molar-refractivity contribution in [2.75, 3.05) is 26.2 Å². The van der Waals surface area contributed by atoms with Crippen LogP contribution in [-0.2, 0) is 0 Å². The molecule has 2 saturated heterocycles. The van der Waals surface area contributed by atoms with E-state index in [0.717, 1.165) is 38.1 Å². The number of amides is 1. The molecule has 1 unspecified atom stereocenters. The fourth-order valence-electron chi connectivity index (χ4n) is 3.11. The number of carbonyl (C=O) groups excluding carboxylic acids is 1. The summed E-state index contributed by atoms with van der Waals surface area (Å²) >= 11 is 5.50. The van der Waals surface area contributed by atoms with E-state index in [-0.39, 0.29) is 28.4 Å². The lowest BCUT2D eigenvalue weighted by Gasteiger charge is -2.23. The van der Waals surface area contributed by atoms with Crippen molar-refractivity contribution in [2.45, 2.75) is 12.8 Å². The minimum Gasteiger partial charge on any atom is -0.338 e. The molecule has 0 aromatic heterocycles. The first kappa shape index (κ1) is 16.5. The monoisotopic (exact) mass is 336 g/mol. The van der Waals surface area contributed by atoms with E-state index >= 15 is 0 Å². The zero-order valence-electron chi connectivity index (χ0n) is 11.3. The van der Waals surface area contributed by atoms with Gasteiger partial charge in [-0.25, -0.2) is 8.78 Å². The Morgan fingerprint density at radius 2 is 2.05 bits per heavy atom. The maximum absolute atomic E-state index is 13.8. The predicted molar refractivity (Wildman–Crippen MR) is 79.1 cm³/mol. The van der Waals surface area contributed by atoms with E-state index in [2.05, 4.69) is 5.32 Å². The third kappa shape index (κ3) is 3.00. The Bertz CT molecular complexity index is 562. The lowest BCUT2D eigenvalue weighted by Crippen LogP contribution is -2.33. The molecule has 3 rings (SSSR count). The van der Waals surface area contributed by atoms with E-state index < -0.39 is 17.5 Å². The normalized spacial score (nSPS) is 24.4. The van der Waals surface area contributed by atoms with Crippen LogP contribution in [0, 0.1) is 17.0 Å². The Kier molecular flexibility index (Phi) is 4.76. The number of rotatable bonds is 1. The second kappa shape index (κ2) is 6.07. The highest BCUT2D eigenvalue weighted by Crippen LogP contribution is 2.36. The van der Waals surface area contributed by atoms with Crippen molar-refractivity contribution in [3.63, 3.8) is 0 Å². The summed E-state index contributed by atoms with van der Waals surface area (Å²) in [5, 5.41) is 2.98. The van der Waals surface area contributed by atoms with Crippen molar-refractivity contribution < 1.29 is 13.6 Å². The molecule has 2 aliphatic rings. The van der Waals surface area contributed by atoms with Crippen LogP contribution in [0.3, 0.4) is 0 Å². The van der Waals surface area contributed by atoms with Crippen LogP contribution >= 0.6 is 24.0 Å². The molecule has 1 N–H and O–H groups in total. The standard InChI is InChI=1S/C14H15ClF2N2O.ClH/c15-10-6-11(16)9(5-12(10)17)13(20)19-4-2-14(8-19)1-3-18-7-14;/h5-6,18H,1-4,7-8H2;1H. The van der Waals surface area contributed by atoms with Gasteiger partial charge in [-0.2, -0.15) is 0 Å². The van der Waals surface area contributed by atoms with E-state index in [1.54, 1.807) is 4.90 Å². The Labute approximate surface area is 133 Å². The first-order chi connectivity index (χ1) is 9.51. The lowest BCUT2D eigenvalue weighted by molar-refractivity contribution is 0.0770. The zero-order valence-corrected chi connectivity index (χ0v) is 12.9. The molecular weight excluding hydrogens is 321 g/mol. The summed E-state index contributed by atoms with van der Waals surface area (Å²) in [6.07, 6.45) is 1.93. The number of nitrogens with zero attached hydrogens (tertiary/aromatic N) is 1. The van der Waals surface area contributed by atoms with Crippen LogP contribution in [-0.4, -0.2) is 37.0 Å². The van der Waals surface area contributed by atoms with Gasteiger partial charge < -0.3 is 10.2 Å². The average Bonchev–Trinajstić information content (AvgIpc) is 3.04. The van der Waals surface area contributed by atoms with Gasteiger partial charge in [0.15, 0.2) is 0 Å². The van der Waals surface area contributed by atoms with E-state index in [1.807, 2.05) is 0 Å². The number of nitrogens with one attached hydrogen (secondary N) is 1. The highest BCUT2D eigenvalue weighted by atomic mass is 35.5. The molecule has 1 atom stereocenters. The molecule has 7 heteroatoms. The van der Waals surface area contributed by atoms with Crippen molar-refractivity contribution >= 4 is 29.9 Å². The quantitative estimate of drug-likeness (QED) is 0.800. The summed E-state index contributed by atoms with van der Waals surface area (Å²) in [5.74, 6) is -2.00. The molecular formula is C14H16Cl2F2N2O. The summed E-state index contributed by atoms with van der Waals surface area (Å²) < 4.78 is 27.2. The molecule has 116 valence electrons. The number of hydrogen-bond donors (Lipinski definition) is 1. The minimum atomic E-state index is -0.771. The summed E-state index contributed by atoms with van der Waals surface area (Å²) in [6, 6.07) is 1.74. The fourth-order valence-corrected chi connectivity index (χ4v) is 3.26. The number of likely N-dealkylation sites (tertiary alicyclic amines) is 1. The molecule has 21 heavy (non-hydrogen) atoms. The second-order valence-corrected chi connectivity index (χ2v) is 6.06. The molecule has 2 fully saturated rings. The highest BCUT2D eigenvalue weighted by Gasteiger charge is 2.42. The molecule has 0 saturated carbocycles. The Balaban J connectivity index is 0.00000161. The van der Waals surface area contributed by atoms with Crippen LogP contribution in [0.5, 0.6) is 0 Å². The molecule has 0 bridgehead atoms. The lowest BCUT2D eigenvalue weighted by atomic mass is 9.86. The maximum atomic E-state index is 13.8. The third-order valence-electron chi connectivity index (χ3n) is 4.30. The van der Waals surface area contributed by atoms with Crippen molar-refractivity contribution in [1.82, 2.24) is 10.2 Å². The highest BCUT2D eigenvalue weighted by molar-refractivity contribution is 6.30. The largest absolute Gasteiger partial charge is 0.338 e. The van der Waals surface area contributed by atoms with Crippen LogP contribution in [0.2, 0.25) is 5.02 Å². The summed E-state index contributed by atoms with van der Waals surface area (Å²) in [5.41, 5.74) is -0.133. The Hall–Kier alpha value is -0.910. The van der Waals surface area contributed by atoms with E-state index in [4.69, 9.17) is 11.6 Å². The van der Waals surface area contributed by atoms with Gasteiger partial charge >= 0.3 is 0 Å². The molecule has 1 aromatic rings. The second-order valence-electron chi connectivity index (χ2n) is 5.65. The van der Waals surface area contributed by atoms with E-state index in [1.165, 1.54) is 0 Å². The van der Waals surface area contributed by atoms with Gasteiger partial charge in [0.2, 0.25) is 0 Å². The molecule has 1 amide bonds. The van der Waals surface area contributed by atoms with Crippen LogP contribution in [0.25, 0.3) is 0 Å². The predicted octanol–water partition coefficient (Wildman–Crippen LogP) is 2.87. The van der Waals surface area contributed by atoms with Gasteiger partial charge in [0.25, 0.3) is 5.91 Å². The smallest absolute Gasteiger partial charge is 0.256 e. The average molecular weight is 337 g/mol. The van der Waals surface area contributed by atoms with E-state index in [0.29, 0.717) is 13.1 Å². The van der Waals surface area contributed by atoms with Gasteiger partial charge in [0, 0.05) is 25.0 Å². The van der Waals surface area contributed by atoms with E-state index in [9.17, 15) is 13.6 Å². The first-order valence-electron chi connectivity index (χ1n) is 6.65. The fraction of sp³-hybridized carbons (Fsp3) is 0.500. The third-order valence-corrected chi connectivity index (χ3v) is 4.59. The molecule has 1 aromatic carbocycles. The van der Waals surface area contributed by atoms with Gasteiger partial charge in [-0.05, 0) is 31.5 Å². The Morgan fingerprint density at radius 1 is 1.29 bits per heavy atom. The molecule has 2 aliphatic heterocycles. The van der Waals surface area contributed by atoms with Gasteiger partial charge in [0.05, 0.1) is 10.6 Å². The Morgan fingerprint density at radius 3 is 2.71 bits per heavy atom. The maximum Gasteiger partial charge on any atom is 0.256 e. The number of benzene rings is 1. The van der Waals surface area contributed by atoms with Crippen molar-refractivity contribution in [2.24, 2.45) is 5.41 Å². The number of carbonyl (C=O) groups is 1. The van der Waals surface area contributed by atoms with Crippen LogP contribution in [0.4, 0.5) is 8.78 Å². The first-order valence-corrected chi connectivity index (χ1v) is 7.03. The molecule has 0 aliphatic carbocycles.